The number of carboxylic acid groups (broad SMARTS) is 6. The van der Waals surface area contributed by atoms with Gasteiger partial charge in [-0.2, -0.15) is 0 Å². The fourth-order valence-corrected chi connectivity index (χ4v) is 14.0. The van der Waals surface area contributed by atoms with Crippen molar-refractivity contribution in [2.45, 2.75) is 581 Å². The maximum absolute atomic E-state index is 10.2. The predicted molar refractivity (Wildman–Crippen MR) is 524 cm³/mol. The van der Waals surface area contributed by atoms with Gasteiger partial charge in [0.15, 0.2) is 0 Å². The number of hydrogen-bond acceptors (Lipinski definition) is 12. The van der Waals surface area contributed by atoms with E-state index in [0.717, 1.165) is 116 Å². The Kier molecular flexibility index (Phi) is 155. The number of carboxylic acids is 6. The predicted octanol–water partition coefficient (Wildman–Crippen LogP) is 27.5. The quantitative estimate of drug-likeness (QED) is 0.0314. The van der Waals surface area contributed by atoms with Crippen molar-refractivity contribution in [3.63, 3.8) is 0 Å². The second-order valence-corrected chi connectivity index (χ2v) is 34.2. The van der Waals surface area contributed by atoms with Gasteiger partial charge in [0.2, 0.25) is 0 Å². The van der Waals surface area contributed by atoms with E-state index in [1.165, 1.54) is 385 Å². The molecule has 0 aliphatic rings. The van der Waals surface area contributed by atoms with Crippen LogP contribution in [0.1, 0.15) is 581 Å². The summed E-state index contributed by atoms with van der Waals surface area (Å²) >= 11 is 0. The molecule has 15 heteroatoms. The monoisotopic (exact) mass is 1810 g/mol. The molecule has 0 radical (unpaired) electrons. The fraction of sp³-hybridized carbons (Fsp3) is 0.833. The number of carbonyl (C=O) groups excluding carboxylic acids is 6. The van der Waals surface area contributed by atoms with Gasteiger partial charge in [0.1, 0.15) is 0 Å². The van der Waals surface area contributed by atoms with Gasteiger partial charge in [0.05, 0.1) is 0 Å². The Morgan fingerprint density at radius 3 is 0.285 bits per heavy atom. The zero-order valence-electron chi connectivity index (χ0n) is 82.3. The largest absolute Gasteiger partial charge is 2.00 e. The average molecular weight is 1810 g/mol. The smallest absolute Gasteiger partial charge is 0.550 e. The number of hydrogen-bond donors (Lipinski definition) is 0. The Morgan fingerprint density at radius 1 is 0.130 bits per heavy atom. The molecule has 0 N–H and O–H groups in total. The Labute approximate surface area is 853 Å². The van der Waals surface area contributed by atoms with Gasteiger partial charge in [-0.05, 0) is 231 Å². The third-order valence-corrected chi connectivity index (χ3v) is 21.9. The zero-order valence-corrected chi connectivity index (χ0v) is 89.0. The maximum Gasteiger partial charge on any atom is 2.00 e. The summed E-state index contributed by atoms with van der Waals surface area (Å²) in [6.45, 7) is 13.5. The van der Waals surface area contributed by atoms with E-state index < -0.39 is 35.8 Å². The third kappa shape index (κ3) is 168. The van der Waals surface area contributed by atoms with E-state index >= 15 is 0 Å². The Bertz CT molecular complexity index is 1810. The number of aliphatic carboxylic acids is 6. The van der Waals surface area contributed by atoms with E-state index in [1.807, 2.05) is 0 Å². The maximum atomic E-state index is 10.2. The molecule has 708 valence electrons. The molecule has 123 heavy (non-hydrogen) atoms. The molecule has 0 bridgehead atoms. The molecule has 0 unspecified atom stereocenters. The SMILES string of the molecule is CCCCCCCC/C=C\CCCCCCCC(=O)[O-].CCCCCCCC/C=C\CCCCCCCC(=O)[O-].CCCCCCCC/C=C\CCCCCCCC(=O)[O-].CCCCCCCC/C=C\CCCCCCCC(=O)[O-].CCCCCCCC/C=C\CCCCCCCC(=O)[O-].CCCCCCCC/C=C\CCCCCCCC(=O)[O-].[Ca+2].[Ca+2].[Ca+2]. The molecule has 12 nitrogen and oxygen atoms in total. The van der Waals surface area contributed by atoms with Crippen LogP contribution in [0.25, 0.3) is 0 Å². The van der Waals surface area contributed by atoms with E-state index in [0.29, 0.717) is 0 Å². The molecule has 0 atom stereocenters. The van der Waals surface area contributed by atoms with Gasteiger partial charge in [0, 0.05) is 35.8 Å². The second-order valence-electron chi connectivity index (χ2n) is 34.2. The van der Waals surface area contributed by atoms with E-state index in [9.17, 15) is 59.4 Å². The number of unbranched alkanes of at least 4 members (excludes halogenated alkanes) is 66. The Balaban J connectivity index is -0.000000180. The molecule has 0 aromatic heterocycles. The molecule has 0 aromatic rings. The van der Waals surface area contributed by atoms with E-state index in [2.05, 4.69) is 114 Å². The first-order chi connectivity index (χ1) is 58.6. The van der Waals surface area contributed by atoms with Crippen molar-refractivity contribution in [3.05, 3.63) is 72.9 Å². The van der Waals surface area contributed by atoms with Crippen molar-refractivity contribution in [1.82, 2.24) is 0 Å². The van der Waals surface area contributed by atoms with Gasteiger partial charge in [-0.25, -0.2) is 0 Å². The van der Waals surface area contributed by atoms with E-state index in [-0.39, 0.29) is 152 Å². The summed E-state index contributed by atoms with van der Waals surface area (Å²) in [5.41, 5.74) is 0. The van der Waals surface area contributed by atoms with Crippen LogP contribution in [0, 0.1) is 0 Å². The molecule has 0 heterocycles. The summed E-state index contributed by atoms with van der Waals surface area (Å²) in [4.78, 5) is 61.3. The first-order valence-corrected chi connectivity index (χ1v) is 51.7. The van der Waals surface area contributed by atoms with Crippen LogP contribution in [0.2, 0.25) is 0 Å². The van der Waals surface area contributed by atoms with Crippen LogP contribution in [-0.4, -0.2) is 149 Å². The van der Waals surface area contributed by atoms with Crippen LogP contribution in [0.3, 0.4) is 0 Å². The van der Waals surface area contributed by atoms with Gasteiger partial charge in [-0.15, -0.1) is 0 Å². The standard InChI is InChI=1S/6C18H34O2.3Ca/c6*1-2-3-4-5-6-7-8-9-10-11-12-13-14-15-16-17-18(19)20;;;/h6*9-10H,2-8,11-17H2,1H3,(H,19,20);;;/q;;;;;;3*+2/p-6/b6*10-9-;;;. The summed E-state index contributed by atoms with van der Waals surface area (Å²) in [7, 11) is 0. The summed E-state index contributed by atoms with van der Waals surface area (Å²) < 4.78 is 0. The summed E-state index contributed by atoms with van der Waals surface area (Å²) in [6.07, 6.45) is 125. The van der Waals surface area contributed by atoms with Crippen molar-refractivity contribution in [2.24, 2.45) is 0 Å². The van der Waals surface area contributed by atoms with Crippen LogP contribution >= 0.6 is 0 Å². The van der Waals surface area contributed by atoms with Crippen LogP contribution in [-0.2, 0) is 28.8 Å². The van der Waals surface area contributed by atoms with Crippen LogP contribution in [0.5, 0.6) is 0 Å². The molecule has 0 aliphatic carbocycles. The molecule has 0 aliphatic heterocycles. The van der Waals surface area contributed by atoms with Crippen LogP contribution in [0.15, 0.2) is 72.9 Å². The molecule has 0 fully saturated rings. The van der Waals surface area contributed by atoms with Gasteiger partial charge in [-0.1, -0.05) is 423 Å². The minimum Gasteiger partial charge on any atom is -0.550 e. The van der Waals surface area contributed by atoms with Crippen molar-refractivity contribution < 1.29 is 59.4 Å². The fourth-order valence-electron chi connectivity index (χ4n) is 14.0. The zero-order chi connectivity index (χ0) is 89.3. The van der Waals surface area contributed by atoms with Crippen molar-refractivity contribution in [3.8, 4) is 0 Å². The van der Waals surface area contributed by atoms with E-state index in [4.69, 9.17) is 0 Å². The van der Waals surface area contributed by atoms with Crippen molar-refractivity contribution >= 4 is 149 Å². The molecule has 0 saturated carbocycles. The van der Waals surface area contributed by atoms with Gasteiger partial charge in [-0.3, -0.25) is 0 Å². The van der Waals surface area contributed by atoms with Crippen LogP contribution < -0.4 is 30.6 Å². The molecule has 0 rings (SSSR count). The summed E-state index contributed by atoms with van der Waals surface area (Å²) in [5, 5.41) is 61.3. The minimum atomic E-state index is -0.914. The van der Waals surface area contributed by atoms with Gasteiger partial charge >= 0.3 is 113 Å². The normalized spacial score (nSPS) is 11.0. The van der Waals surface area contributed by atoms with Crippen molar-refractivity contribution in [2.75, 3.05) is 0 Å². The molecule has 0 aromatic carbocycles. The topological polar surface area (TPSA) is 241 Å². The molecule has 0 spiro atoms. The molecular weight excluding hydrogens is 1610 g/mol. The number of carbonyl (C=O) groups is 6. The first kappa shape index (κ1) is 140. The van der Waals surface area contributed by atoms with Crippen LogP contribution in [0.4, 0.5) is 0 Å². The number of rotatable bonds is 90. The molecular formula is C108H198Ca3O12. The molecule has 0 saturated heterocycles. The van der Waals surface area contributed by atoms with Crippen molar-refractivity contribution in [1.29, 1.82) is 0 Å². The Morgan fingerprint density at radius 2 is 0.203 bits per heavy atom. The van der Waals surface area contributed by atoms with Gasteiger partial charge < -0.3 is 59.4 Å². The average Bonchev–Trinajstić information content (AvgIpc) is 1.20. The second kappa shape index (κ2) is 136. The number of allylic oxidation sites excluding steroid dienone is 12. The Hall–Kier alpha value is -0.961. The summed E-state index contributed by atoms with van der Waals surface area (Å²) in [6, 6.07) is 0. The first-order valence-electron chi connectivity index (χ1n) is 51.7. The van der Waals surface area contributed by atoms with E-state index in [1.54, 1.807) is 0 Å². The minimum absolute atomic E-state index is 0. The summed E-state index contributed by atoms with van der Waals surface area (Å²) in [5.74, 6) is -5.49. The van der Waals surface area contributed by atoms with Gasteiger partial charge in [0.25, 0.3) is 0 Å². The third-order valence-electron chi connectivity index (χ3n) is 21.9. The molecule has 0 amide bonds.